The molecule has 0 atom stereocenters. The lowest BCUT2D eigenvalue weighted by molar-refractivity contribution is 0.153. The van der Waals surface area contributed by atoms with Crippen LogP contribution in [0.15, 0.2) is 0 Å². The van der Waals surface area contributed by atoms with E-state index in [1.807, 2.05) is 32.8 Å². The highest BCUT2D eigenvalue weighted by atomic mass is 16.5. The van der Waals surface area contributed by atoms with Gasteiger partial charge in [0, 0.05) is 33.8 Å². The zero-order chi connectivity index (χ0) is 13.5. The molecule has 0 saturated heterocycles. The van der Waals surface area contributed by atoms with E-state index in [1.54, 1.807) is 4.90 Å². The van der Waals surface area contributed by atoms with Crippen molar-refractivity contribution in [2.45, 2.75) is 13.8 Å². The van der Waals surface area contributed by atoms with E-state index >= 15 is 0 Å². The third-order valence-electron chi connectivity index (χ3n) is 2.40. The summed E-state index contributed by atoms with van der Waals surface area (Å²) in [4.78, 5) is 16.4. The van der Waals surface area contributed by atoms with E-state index < -0.39 is 0 Å². The summed E-state index contributed by atoms with van der Waals surface area (Å²) in [6, 6.07) is 0. The maximum atomic E-state index is 5.70. The molecule has 0 spiro atoms. The van der Waals surface area contributed by atoms with Gasteiger partial charge in [0.25, 0.3) is 0 Å². The fraction of sp³-hybridized carbons (Fsp3) is 0.727. The van der Waals surface area contributed by atoms with Crippen molar-refractivity contribution in [2.24, 2.45) is 0 Å². The number of nitrogen functional groups attached to an aromatic ring is 1. The summed E-state index contributed by atoms with van der Waals surface area (Å²) in [5.74, 6) is 1.39. The molecule has 0 amide bonds. The van der Waals surface area contributed by atoms with Gasteiger partial charge in [-0.3, -0.25) is 0 Å². The Balaban J connectivity index is 2.84. The van der Waals surface area contributed by atoms with Gasteiger partial charge in [0.15, 0.2) is 0 Å². The molecule has 0 aliphatic carbocycles. The predicted octanol–water partition coefficient (Wildman–Crippen LogP) is 0.383. The normalized spacial score (nSPS) is 10.4. The molecule has 1 aromatic rings. The van der Waals surface area contributed by atoms with Gasteiger partial charge in [-0.15, -0.1) is 0 Å². The van der Waals surface area contributed by atoms with Crippen molar-refractivity contribution >= 4 is 17.8 Å². The van der Waals surface area contributed by atoms with E-state index in [9.17, 15) is 0 Å². The van der Waals surface area contributed by atoms with Gasteiger partial charge in [0.2, 0.25) is 17.8 Å². The largest absolute Gasteiger partial charge is 0.380 e. The molecular weight excluding hydrogens is 232 g/mol. The summed E-state index contributed by atoms with van der Waals surface area (Å²) in [7, 11) is 3.74. The monoisotopic (exact) mass is 254 g/mol. The van der Waals surface area contributed by atoms with Gasteiger partial charge in [0.05, 0.1) is 6.61 Å². The van der Waals surface area contributed by atoms with E-state index in [0.29, 0.717) is 25.1 Å². The smallest absolute Gasteiger partial charge is 0.232 e. The van der Waals surface area contributed by atoms with Gasteiger partial charge in [-0.1, -0.05) is 0 Å². The van der Waals surface area contributed by atoms with E-state index in [1.165, 1.54) is 0 Å². The fourth-order valence-electron chi connectivity index (χ4n) is 1.43. The number of rotatable bonds is 7. The van der Waals surface area contributed by atoms with Crippen LogP contribution in [0.3, 0.4) is 0 Å². The number of nitrogens with two attached hydrogens (primary N) is 1. The zero-order valence-corrected chi connectivity index (χ0v) is 11.6. The number of likely N-dealkylation sites (N-methyl/N-ethyl adjacent to an activating group) is 1. The lowest BCUT2D eigenvalue weighted by Crippen LogP contribution is -2.30. The Hall–Kier alpha value is -1.63. The quantitative estimate of drug-likeness (QED) is 0.705. The minimum Gasteiger partial charge on any atom is -0.380 e. The molecule has 0 aliphatic rings. The molecule has 102 valence electrons. The highest BCUT2D eigenvalue weighted by Gasteiger charge is 2.11. The van der Waals surface area contributed by atoms with E-state index in [4.69, 9.17) is 10.5 Å². The number of anilines is 3. The zero-order valence-electron chi connectivity index (χ0n) is 11.6. The summed E-state index contributed by atoms with van der Waals surface area (Å²) in [5, 5.41) is 0. The van der Waals surface area contributed by atoms with Crippen LogP contribution < -0.4 is 15.5 Å². The maximum absolute atomic E-state index is 5.70. The molecule has 0 saturated carbocycles. The Morgan fingerprint density at radius 3 is 2.33 bits per heavy atom. The van der Waals surface area contributed by atoms with E-state index in [0.717, 1.165) is 13.1 Å². The van der Waals surface area contributed by atoms with Gasteiger partial charge in [-0.05, 0) is 13.8 Å². The lowest BCUT2D eigenvalue weighted by atomic mass is 10.5. The Morgan fingerprint density at radius 1 is 1.11 bits per heavy atom. The van der Waals surface area contributed by atoms with Crippen LogP contribution in [0.4, 0.5) is 17.8 Å². The highest BCUT2D eigenvalue weighted by Crippen LogP contribution is 2.13. The molecule has 0 unspecified atom stereocenters. The topological polar surface area (TPSA) is 80.4 Å². The van der Waals surface area contributed by atoms with Crippen LogP contribution in [0.5, 0.6) is 0 Å². The summed E-state index contributed by atoms with van der Waals surface area (Å²) in [6.45, 7) is 6.90. The van der Waals surface area contributed by atoms with E-state index in [-0.39, 0.29) is 5.95 Å². The van der Waals surface area contributed by atoms with Gasteiger partial charge < -0.3 is 20.3 Å². The summed E-state index contributed by atoms with van der Waals surface area (Å²) in [5.41, 5.74) is 5.70. The van der Waals surface area contributed by atoms with Crippen molar-refractivity contribution in [1.82, 2.24) is 15.0 Å². The van der Waals surface area contributed by atoms with Gasteiger partial charge in [-0.25, -0.2) is 0 Å². The highest BCUT2D eigenvalue weighted by molar-refractivity contribution is 5.42. The molecule has 2 N–H and O–H groups in total. The van der Waals surface area contributed by atoms with Gasteiger partial charge in [-0.2, -0.15) is 15.0 Å². The van der Waals surface area contributed by atoms with Crippen LogP contribution in [0.1, 0.15) is 13.8 Å². The van der Waals surface area contributed by atoms with Crippen LogP contribution in [-0.2, 0) is 4.74 Å². The summed E-state index contributed by atoms with van der Waals surface area (Å²) in [6.07, 6.45) is 0. The predicted molar refractivity (Wildman–Crippen MR) is 72.9 cm³/mol. The first-order valence-electron chi connectivity index (χ1n) is 6.10. The number of hydrogen-bond donors (Lipinski definition) is 1. The van der Waals surface area contributed by atoms with Crippen molar-refractivity contribution < 1.29 is 4.74 Å². The second kappa shape index (κ2) is 6.95. The third-order valence-corrected chi connectivity index (χ3v) is 2.40. The van der Waals surface area contributed by atoms with Crippen LogP contribution in [0.25, 0.3) is 0 Å². The summed E-state index contributed by atoms with van der Waals surface area (Å²) < 4.78 is 5.34. The van der Waals surface area contributed by atoms with Crippen molar-refractivity contribution in [3.63, 3.8) is 0 Å². The van der Waals surface area contributed by atoms with E-state index in [2.05, 4.69) is 15.0 Å². The van der Waals surface area contributed by atoms with Gasteiger partial charge >= 0.3 is 0 Å². The fourth-order valence-corrected chi connectivity index (χ4v) is 1.43. The SMILES string of the molecule is CCOCCN(CC)c1nc(N)nc(N(C)C)n1. The Bertz CT molecular complexity index is 371. The number of ether oxygens (including phenoxy) is 1. The molecule has 1 aromatic heterocycles. The molecule has 1 heterocycles. The first-order valence-corrected chi connectivity index (χ1v) is 6.10. The molecule has 0 aromatic carbocycles. The lowest BCUT2D eigenvalue weighted by Gasteiger charge is -2.22. The molecule has 0 radical (unpaired) electrons. The molecule has 7 nitrogen and oxygen atoms in total. The Labute approximate surface area is 108 Å². The average molecular weight is 254 g/mol. The Kier molecular flexibility index (Phi) is 5.57. The van der Waals surface area contributed by atoms with Crippen molar-refractivity contribution in [1.29, 1.82) is 0 Å². The van der Waals surface area contributed by atoms with Crippen molar-refractivity contribution in [3.8, 4) is 0 Å². The first kappa shape index (κ1) is 14.4. The third kappa shape index (κ3) is 3.99. The molecule has 18 heavy (non-hydrogen) atoms. The minimum absolute atomic E-state index is 0.235. The number of hydrogen-bond acceptors (Lipinski definition) is 7. The van der Waals surface area contributed by atoms with Crippen LogP contribution in [0.2, 0.25) is 0 Å². The molecular formula is C11H22N6O. The molecule has 0 aliphatic heterocycles. The molecule has 1 rings (SSSR count). The van der Waals surface area contributed by atoms with Crippen LogP contribution in [0, 0.1) is 0 Å². The first-order chi connectivity index (χ1) is 8.58. The Morgan fingerprint density at radius 2 is 1.78 bits per heavy atom. The summed E-state index contributed by atoms with van der Waals surface area (Å²) >= 11 is 0. The number of aromatic nitrogens is 3. The average Bonchev–Trinajstić information content (AvgIpc) is 2.34. The van der Waals surface area contributed by atoms with Gasteiger partial charge in [0.1, 0.15) is 0 Å². The molecule has 0 fully saturated rings. The molecule has 0 bridgehead atoms. The second-order valence-electron chi connectivity index (χ2n) is 3.96. The minimum atomic E-state index is 0.235. The standard InChI is InChI=1S/C11H22N6O/c1-5-17(7-8-18-6-2)11-14-9(12)13-10(15-11)16(3)4/h5-8H2,1-4H3,(H2,12,13,14,15). The molecule has 7 heteroatoms. The van der Waals surface area contributed by atoms with Crippen molar-refractivity contribution in [2.75, 3.05) is 55.9 Å². The number of nitrogens with zero attached hydrogens (tertiary/aromatic N) is 5. The van der Waals surface area contributed by atoms with Crippen molar-refractivity contribution in [3.05, 3.63) is 0 Å². The van der Waals surface area contributed by atoms with Crippen LogP contribution >= 0.6 is 0 Å². The van der Waals surface area contributed by atoms with Crippen LogP contribution in [-0.4, -0.2) is 55.4 Å². The second-order valence-corrected chi connectivity index (χ2v) is 3.96. The maximum Gasteiger partial charge on any atom is 0.232 e.